The molecule has 146 valence electrons. The Labute approximate surface area is 160 Å². The minimum Gasteiger partial charge on any atom is -0.473 e. The van der Waals surface area contributed by atoms with Crippen molar-refractivity contribution in [1.82, 2.24) is 13.6 Å². The molecule has 0 aromatic carbocycles. The van der Waals surface area contributed by atoms with Crippen molar-refractivity contribution in [3.63, 3.8) is 0 Å². The first-order valence-corrected chi connectivity index (χ1v) is 9.62. The van der Waals surface area contributed by atoms with Gasteiger partial charge in [-0.05, 0) is 26.0 Å². The number of nitrogens with zero attached hydrogens (tertiary/aromatic N) is 3. The molecule has 0 saturated heterocycles. The van der Waals surface area contributed by atoms with E-state index in [1.807, 2.05) is 6.92 Å². The molecule has 0 saturated carbocycles. The highest BCUT2D eigenvalue weighted by molar-refractivity contribution is 7.99. The standard InChI is InChI=1S/C13H21N3O2S2.C2H2O4/c1-3-17-10-18-7-8-19-13-12(14-20-15-13)11-5-4-6-16(2)9-11;3-1(4)2(5)6/h5H,3-4,6-10H2,1-2H3;(H,3,4)(H,5,6). The van der Waals surface area contributed by atoms with E-state index in [0.717, 1.165) is 36.0 Å². The van der Waals surface area contributed by atoms with Crippen molar-refractivity contribution >= 4 is 41.0 Å². The summed E-state index contributed by atoms with van der Waals surface area (Å²) in [5.74, 6) is -2.78. The Morgan fingerprint density at radius 3 is 2.65 bits per heavy atom. The smallest absolute Gasteiger partial charge is 0.414 e. The van der Waals surface area contributed by atoms with E-state index in [4.69, 9.17) is 29.3 Å². The summed E-state index contributed by atoms with van der Waals surface area (Å²) in [6.07, 6.45) is 3.37. The van der Waals surface area contributed by atoms with E-state index in [9.17, 15) is 0 Å². The number of ether oxygens (including phenoxy) is 2. The Balaban J connectivity index is 0.000000487. The monoisotopic (exact) mass is 405 g/mol. The van der Waals surface area contributed by atoms with Crippen LogP contribution in [-0.4, -0.2) is 81.7 Å². The Bertz CT molecular complexity index is 596. The molecule has 2 rings (SSSR count). The molecular weight excluding hydrogens is 382 g/mol. The molecule has 0 aliphatic carbocycles. The maximum absolute atomic E-state index is 9.10. The summed E-state index contributed by atoms with van der Waals surface area (Å²) >= 11 is 2.99. The molecule has 0 spiro atoms. The minimum absolute atomic E-state index is 0.370. The van der Waals surface area contributed by atoms with Crippen LogP contribution < -0.4 is 0 Å². The third-order valence-corrected chi connectivity index (χ3v) is 4.70. The molecule has 1 aliphatic heterocycles. The summed E-state index contributed by atoms with van der Waals surface area (Å²) in [4.78, 5) is 20.5. The van der Waals surface area contributed by atoms with Crippen LogP contribution in [0.25, 0.3) is 5.57 Å². The maximum atomic E-state index is 9.10. The number of carboxylic acid groups (broad SMARTS) is 2. The van der Waals surface area contributed by atoms with E-state index < -0.39 is 11.9 Å². The maximum Gasteiger partial charge on any atom is 0.414 e. The Morgan fingerprint density at radius 2 is 2.04 bits per heavy atom. The summed E-state index contributed by atoms with van der Waals surface area (Å²) in [5, 5.41) is 15.8. The van der Waals surface area contributed by atoms with Crippen LogP contribution >= 0.6 is 23.5 Å². The predicted molar refractivity (Wildman–Crippen MR) is 98.4 cm³/mol. The van der Waals surface area contributed by atoms with E-state index in [1.54, 1.807) is 11.8 Å². The van der Waals surface area contributed by atoms with Crippen molar-refractivity contribution in [3.05, 3.63) is 11.8 Å². The second-order valence-electron chi connectivity index (χ2n) is 5.15. The van der Waals surface area contributed by atoms with E-state index in [2.05, 4.69) is 26.8 Å². The molecule has 1 aromatic rings. The molecule has 1 aliphatic rings. The topological polar surface area (TPSA) is 122 Å². The van der Waals surface area contributed by atoms with Gasteiger partial charge in [-0.2, -0.15) is 8.75 Å². The summed E-state index contributed by atoms with van der Waals surface area (Å²) in [6, 6.07) is 0. The second-order valence-corrected chi connectivity index (χ2v) is 6.76. The molecule has 11 heteroatoms. The average molecular weight is 405 g/mol. The molecule has 0 fully saturated rings. The molecule has 1 aromatic heterocycles. The first-order valence-electron chi connectivity index (χ1n) is 7.90. The molecule has 0 atom stereocenters. The van der Waals surface area contributed by atoms with Crippen LogP contribution in [0, 0.1) is 0 Å². The van der Waals surface area contributed by atoms with E-state index in [-0.39, 0.29) is 0 Å². The number of aromatic nitrogens is 2. The fourth-order valence-corrected chi connectivity index (χ4v) is 3.50. The van der Waals surface area contributed by atoms with E-state index in [1.165, 1.54) is 17.3 Å². The Hall–Kier alpha value is -1.53. The lowest BCUT2D eigenvalue weighted by Gasteiger charge is -2.22. The fraction of sp³-hybridized carbons (Fsp3) is 0.600. The summed E-state index contributed by atoms with van der Waals surface area (Å²) in [5.41, 5.74) is 2.35. The third-order valence-electron chi connectivity index (χ3n) is 3.12. The lowest BCUT2D eigenvalue weighted by atomic mass is 10.1. The zero-order valence-corrected chi connectivity index (χ0v) is 16.3. The molecule has 0 radical (unpaired) electrons. The first kappa shape index (κ1) is 22.5. The van der Waals surface area contributed by atoms with Crippen LogP contribution in [0.4, 0.5) is 0 Å². The first-order chi connectivity index (χ1) is 12.5. The van der Waals surface area contributed by atoms with E-state index >= 15 is 0 Å². The largest absolute Gasteiger partial charge is 0.473 e. The zero-order valence-electron chi connectivity index (χ0n) is 14.7. The second kappa shape index (κ2) is 12.8. The van der Waals surface area contributed by atoms with Crippen molar-refractivity contribution in [1.29, 1.82) is 0 Å². The SMILES string of the molecule is CCOCOCCSc1nsnc1C1=CCCN(C)C1.O=C(O)C(=O)O. The van der Waals surface area contributed by atoms with Gasteiger partial charge in [-0.3, -0.25) is 0 Å². The molecule has 0 bridgehead atoms. The van der Waals surface area contributed by atoms with Crippen molar-refractivity contribution in [2.75, 3.05) is 45.9 Å². The quantitative estimate of drug-likeness (QED) is 0.285. The number of carbonyl (C=O) groups is 2. The number of hydrogen-bond acceptors (Lipinski definition) is 9. The van der Waals surface area contributed by atoms with Crippen molar-refractivity contribution in [2.45, 2.75) is 18.4 Å². The molecule has 26 heavy (non-hydrogen) atoms. The van der Waals surface area contributed by atoms with Gasteiger partial charge in [0.25, 0.3) is 0 Å². The highest BCUT2D eigenvalue weighted by atomic mass is 32.2. The van der Waals surface area contributed by atoms with Crippen molar-refractivity contribution < 1.29 is 29.3 Å². The minimum atomic E-state index is -1.82. The van der Waals surface area contributed by atoms with Crippen LogP contribution in [0.2, 0.25) is 0 Å². The molecule has 0 unspecified atom stereocenters. The van der Waals surface area contributed by atoms with Gasteiger partial charge in [0.15, 0.2) is 0 Å². The lowest BCUT2D eigenvalue weighted by Crippen LogP contribution is -2.25. The van der Waals surface area contributed by atoms with Gasteiger partial charge in [0.1, 0.15) is 17.5 Å². The molecule has 0 amide bonds. The lowest BCUT2D eigenvalue weighted by molar-refractivity contribution is -0.159. The van der Waals surface area contributed by atoms with Crippen molar-refractivity contribution in [3.8, 4) is 0 Å². The van der Waals surface area contributed by atoms with Crippen LogP contribution in [0.5, 0.6) is 0 Å². The van der Waals surface area contributed by atoms with Crippen LogP contribution in [0.15, 0.2) is 11.1 Å². The van der Waals surface area contributed by atoms with Gasteiger partial charge in [-0.15, -0.1) is 11.8 Å². The Kier molecular flexibility index (Phi) is 11.1. The van der Waals surface area contributed by atoms with Crippen LogP contribution in [0.3, 0.4) is 0 Å². The highest BCUT2D eigenvalue weighted by Gasteiger charge is 2.17. The van der Waals surface area contributed by atoms with Gasteiger partial charge in [0.2, 0.25) is 0 Å². The summed E-state index contributed by atoms with van der Waals surface area (Å²) in [7, 11) is 2.14. The number of rotatable bonds is 8. The van der Waals surface area contributed by atoms with Crippen LogP contribution in [0.1, 0.15) is 19.0 Å². The van der Waals surface area contributed by atoms with Gasteiger partial charge in [0, 0.05) is 25.4 Å². The molecule has 2 N–H and O–H groups in total. The summed E-state index contributed by atoms with van der Waals surface area (Å²) in [6.45, 7) is 5.76. The zero-order chi connectivity index (χ0) is 19.4. The molecule has 9 nitrogen and oxygen atoms in total. The number of likely N-dealkylation sites (N-methyl/N-ethyl adjacent to an activating group) is 1. The normalized spacial score (nSPS) is 14.3. The van der Waals surface area contributed by atoms with Gasteiger partial charge >= 0.3 is 11.9 Å². The van der Waals surface area contributed by atoms with Gasteiger partial charge in [-0.1, -0.05) is 6.08 Å². The predicted octanol–water partition coefficient (Wildman–Crippen LogP) is 1.52. The van der Waals surface area contributed by atoms with E-state index in [0.29, 0.717) is 20.0 Å². The number of thioether (sulfide) groups is 1. The van der Waals surface area contributed by atoms with Gasteiger partial charge in [0.05, 0.1) is 18.3 Å². The number of aliphatic carboxylic acids is 2. The molecule has 2 heterocycles. The van der Waals surface area contributed by atoms with Gasteiger partial charge < -0.3 is 24.6 Å². The molecular formula is C15H23N3O6S2. The average Bonchev–Trinajstić information content (AvgIpc) is 3.07. The van der Waals surface area contributed by atoms with Gasteiger partial charge in [-0.25, -0.2) is 9.59 Å². The number of hydrogen-bond donors (Lipinski definition) is 2. The third kappa shape index (κ3) is 8.72. The van der Waals surface area contributed by atoms with Crippen LogP contribution in [-0.2, 0) is 19.1 Å². The summed E-state index contributed by atoms with van der Waals surface area (Å²) < 4.78 is 19.3. The Morgan fingerprint density at radius 1 is 1.31 bits per heavy atom. The number of carboxylic acids is 2. The highest BCUT2D eigenvalue weighted by Crippen LogP contribution is 2.28. The van der Waals surface area contributed by atoms with Crippen molar-refractivity contribution in [2.24, 2.45) is 0 Å². The fourth-order valence-electron chi connectivity index (χ4n) is 1.93.